The number of fused-ring (bicyclic) bond motifs is 5. The summed E-state index contributed by atoms with van der Waals surface area (Å²) in [6.45, 7) is 0. The average molecular weight is 328 g/mol. The number of nitrogens with zero attached hydrogens (tertiary/aromatic N) is 1. The summed E-state index contributed by atoms with van der Waals surface area (Å²) in [5.74, 6) is 0.477. The van der Waals surface area contributed by atoms with Gasteiger partial charge in [-0.25, -0.2) is 0 Å². The van der Waals surface area contributed by atoms with Gasteiger partial charge in [0.15, 0.2) is 0 Å². The van der Waals surface area contributed by atoms with Crippen LogP contribution in [0.2, 0.25) is 5.02 Å². The molecular formula is C18H18ClN3O. The molecule has 0 saturated heterocycles. The Hall–Kier alpha value is -2.07. The zero-order valence-corrected chi connectivity index (χ0v) is 13.4. The summed E-state index contributed by atoms with van der Waals surface area (Å²) in [5.41, 5.74) is 16.9. The number of pyridine rings is 1. The standard InChI is InChI=1S/C18H18ClN3O/c19-12-1-2-13-14(8-12)22-15-6-9-3-10(7-16(20)23)5-11(4-9)17(15)18(13)21/h1-3,8-9,11H,4-7H2,(H2,20,23)(H2,21,22). The van der Waals surface area contributed by atoms with Crippen LogP contribution < -0.4 is 11.5 Å². The predicted octanol–water partition coefficient (Wildman–Crippen LogP) is 3.32. The third-order valence-corrected chi connectivity index (χ3v) is 5.17. The molecule has 1 aromatic carbocycles. The first-order chi connectivity index (χ1) is 11.0. The van der Waals surface area contributed by atoms with Crippen LogP contribution in [-0.2, 0) is 11.2 Å². The maximum atomic E-state index is 11.2. The van der Waals surface area contributed by atoms with Crippen LogP contribution in [0, 0.1) is 5.92 Å². The monoisotopic (exact) mass is 327 g/mol. The molecule has 0 aliphatic heterocycles. The molecule has 0 fully saturated rings. The van der Waals surface area contributed by atoms with Crippen molar-refractivity contribution in [3.8, 4) is 0 Å². The number of benzene rings is 1. The molecular weight excluding hydrogens is 310 g/mol. The van der Waals surface area contributed by atoms with Crippen molar-refractivity contribution in [2.24, 2.45) is 11.7 Å². The minimum absolute atomic E-state index is 0.268. The van der Waals surface area contributed by atoms with Crippen molar-refractivity contribution in [2.45, 2.75) is 31.6 Å². The normalized spacial score (nSPS) is 22.6. The highest BCUT2D eigenvalue weighted by molar-refractivity contribution is 6.31. The fraction of sp³-hybridized carbons (Fsp3) is 0.333. The molecule has 23 heavy (non-hydrogen) atoms. The number of aromatic nitrogens is 1. The zero-order valence-electron chi connectivity index (χ0n) is 12.7. The van der Waals surface area contributed by atoms with Gasteiger partial charge in [-0.1, -0.05) is 23.3 Å². The first kappa shape index (κ1) is 14.5. The zero-order chi connectivity index (χ0) is 16.1. The van der Waals surface area contributed by atoms with Crippen LogP contribution in [-0.4, -0.2) is 10.9 Å². The molecule has 4 nitrogen and oxygen atoms in total. The van der Waals surface area contributed by atoms with Gasteiger partial charge in [0.2, 0.25) is 5.91 Å². The minimum Gasteiger partial charge on any atom is -0.398 e. The van der Waals surface area contributed by atoms with Gasteiger partial charge in [-0.3, -0.25) is 9.78 Å². The Labute approximate surface area is 139 Å². The van der Waals surface area contributed by atoms with Crippen LogP contribution in [0.1, 0.15) is 36.4 Å². The Kier molecular flexibility index (Phi) is 3.31. The van der Waals surface area contributed by atoms with E-state index in [1.165, 1.54) is 0 Å². The molecule has 1 heterocycles. The van der Waals surface area contributed by atoms with E-state index >= 15 is 0 Å². The highest BCUT2D eigenvalue weighted by Gasteiger charge is 2.33. The molecule has 2 aliphatic carbocycles. The van der Waals surface area contributed by atoms with Gasteiger partial charge in [0.05, 0.1) is 5.52 Å². The third-order valence-electron chi connectivity index (χ3n) is 4.94. The van der Waals surface area contributed by atoms with E-state index in [0.717, 1.165) is 52.7 Å². The predicted molar refractivity (Wildman–Crippen MR) is 92.2 cm³/mol. The van der Waals surface area contributed by atoms with Crippen molar-refractivity contribution in [1.82, 2.24) is 4.98 Å². The lowest BCUT2D eigenvalue weighted by Gasteiger charge is -2.35. The van der Waals surface area contributed by atoms with E-state index in [1.54, 1.807) is 0 Å². The summed E-state index contributed by atoms with van der Waals surface area (Å²) in [4.78, 5) is 16.1. The van der Waals surface area contributed by atoms with Crippen LogP contribution in [0.3, 0.4) is 0 Å². The van der Waals surface area contributed by atoms with E-state index < -0.39 is 0 Å². The van der Waals surface area contributed by atoms with Crippen LogP contribution >= 0.6 is 11.6 Å². The van der Waals surface area contributed by atoms with Crippen LogP contribution in [0.5, 0.6) is 0 Å². The Balaban J connectivity index is 1.82. The first-order valence-corrected chi connectivity index (χ1v) is 8.24. The van der Waals surface area contributed by atoms with E-state index in [1.807, 2.05) is 18.2 Å². The number of hydrogen-bond acceptors (Lipinski definition) is 3. The fourth-order valence-corrected chi connectivity index (χ4v) is 4.31. The first-order valence-electron chi connectivity index (χ1n) is 7.86. The SMILES string of the molecule is NC(=O)CC1=CC2Cc3nc4cc(Cl)ccc4c(N)c3C(C1)C2. The number of carbonyl (C=O) groups is 1. The topological polar surface area (TPSA) is 82.0 Å². The van der Waals surface area contributed by atoms with Gasteiger partial charge in [-0.2, -0.15) is 0 Å². The van der Waals surface area contributed by atoms with Crippen LogP contribution in [0.25, 0.3) is 10.9 Å². The summed E-state index contributed by atoms with van der Waals surface area (Å²) in [6.07, 6.45) is 5.33. The molecule has 0 radical (unpaired) electrons. The van der Waals surface area contributed by atoms with E-state index in [0.29, 0.717) is 23.3 Å². The summed E-state index contributed by atoms with van der Waals surface area (Å²) in [5, 5.41) is 1.63. The number of primary amides is 1. The van der Waals surface area contributed by atoms with Gasteiger partial charge in [0.1, 0.15) is 0 Å². The van der Waals surface area contributed by atoms with E-state index in [4.69, 9.17) is 28.1 Å². The van der Waals surface area contributed by atoms with Crippen molar-refractivity contribution in [3.05, 3.63) is 46.1 Å². The number of amides is 1. The minimum atomic E-state index is -0.268. The van der Waals surface area contributed by atoms with Crippen molar-refractivity contribution >= 4 is 34.1 Å². The van der Waals surface area contributed by atoms with Gasteiger partial charge in [-0.15, -0.1) is 0 Å². The number of nitrogens with two attached hydrogens (primary N) is 2. The average Bonchev–Trinajstić information content (AvgIpc) is 2.45. The summed E-state index contributed by atoms with van der Waals surface area (Å²) in [6, 6.07) is 5.65. The van der Waals surface area contributed by atoms with Gasteiger partial charge in [-0.05, 0) is 49.3 Å². The van der Waals surface area contributed by atoms with E-state index in [2.05, 4.69) is 6.08 Å². The number of rotatable bonds is 2. The summed E-state index contributed by atoms with van der Waals surface area (Å²) in [7, 11) is 0. The van der Waals surface area contributed by atoms with Crippen molar-refractivity contribution in [2.75, 3.05) is 5.73 Å². The van der Waals surface area contributed by atoms with Gasteiger partial charge >= 0.3 is 0 Å². The molecule has 2 aromatic rings. The molecule has 4 N–H and O–H groups in total. The number of hydrogen-bond donors (Lipinski definition) is 2. The van der Waals surface area contributed by atoms with Gasteiger partial charge in [0, 0.05) is 33.8 Å². The molecule has 2 unspecified atom stereocenters. The van der Waals surface area contributed by atoms with Crippen LogP contribution in [0.4, 0.5) is 5.69 Å². The van der Waals surface area contributed by atoms with Crippen molar-refractivity contribution < 1.29 is 4.79 Å². The number of anilines is 1. The molecule has 1 aromatic heterocycles. The molecule has 5 heteroatoms. The van der Waals surface area contributed by atoms with Crippen LogP contribution in [0.15, 0.2) is 29.8 Å². The molecule has 2 atom stereocenters. The Morgan fingerprint density at radius 1 is 1.35 bits per heavy atom. The molecule has 1 amide bonds. The largest absolute Gasteiger partial charge is 0.398 e. The van der Waals surface area contributed by atoms with E-state index in [9.17, 15) is 4.79 Å². The third kappa shape index (κ3) is 2.47. The smallest absolute Gasteiger partial charge is 0.221 e. The molecule has 118 valence electrons. The summed E-state index contributed by atoms with van der Waals surface area (Å²) >= 11 is 6.08. The lowest BCUT2D eigenvalue weighted by molar-refractivity contribution is -0.117. The Morgan fingerprint density at radius 2 is 2.17 bits per heavy atom. The lowest BCUT2D eigenvalue weighted by atomic mass is 9.70. The Bertz CT molecular complexity index is 859. The van der Waals surface area contributed by atoms with Gasteiger partial charge in [0.25, 0.3) is 0 Å². The second kappa shape index (κ2) is 5.24. The Morgan fingerprint density at radius 3 is 2.96 bits per heavy atom. The molecule has 2 aliphatic rings. The quantitative estimate of drug-likeness (QED) is 0.830. The number of halogens is 1. The molecule has 4 rings (SSSR count). The van der Waals surface area contributed by atoms with E-state index in [-0.39, 0.29) is 5.91 Å². The fourth-order valence-electron chi connectivity index (χ4n) is 4.14. The summed E-state index contributed by atoms with van der Waals surface area (Å²) < 4.78 is 0. The van der Waals surface area contributed by atoms with Gasteiger partial charge < -0.3 is 11.5 Å². The number of carbonyl (C=O) groups excluding carboxylic acids is 1. The second-order valence-corrected chi connectivity index (χ2v) is 7.05. The maximum Gasteiger partial charge on any atom is 0.221 e. The number of nitrogen functional groups attached to an aromatic ring is 1. The molecule has 0 saturated carbocycles. The van der Waals surface area contributed by atoms with Crippen molar-refractivity contribution in [3.63, 3.8) is 0 Å². The molecule has 0 spiro atoms. The number of allylic oxidation sites excluding steroid dienone is 1. The van der Waals surface area contributed by atoms with Crippen molar-refractivity contribution in [1.29, 1.82) is 0 Å². The second-order valence-electron chi connectivity index (χ2n) is 6.62. The lowest BCUT2D eigenvalue weighted by Crippen LogP contribution is -2.26. The highest BCUT2D eigenvalue weighted by Crippen LogP contribution is 2.47. The highest BCUT2D eigenvalue weighted by atomic mass is 35.5. The molecule has 2 bridgehead atoms. The maximum absolute atomic E-state index is 11.2.